The van der Waals surface area contributed by atoms with Gasteiger partial charge < -0.3 is 14.6 Å². The highest BCUT2D eigenvalue weighted by atomic mass is 35.5. The maximum absolute atomic E-state index is 12.3. The second-order valence-corrected chi connectivity index (χ2v) is 6.64. The Morgan fingerprint density at radius 1 is 1.15 bits per heavy atom. The lowest BCUT2D eigenvalue weighted by Crippen LogP contribution is -2.30. The summed E-state index contributed by atoms with van der Waals surface area (Å²) in [5.41, 5.74) is 2.52. The standard InChI is InChI=1S/C19H19Cl2N3O2/c1-26-10-9-22-19(25)12-24-17-8-3-2-7-16(17)23-18(24)11-13-14(20)5-4-6-15(13)21/h2-8H,9-12H2,1H3,(H,22,25). The first-order valence-corrected chi connectivity index (χ1v) is 8.98. The molecule has 0 aliphatic carbocycles. The number of carbonyl (C=O) groups is 1. The van der Waals surface area contributed by atoms with Crippen molar-refractivity contribution in [3.8, 4) is 0 Å². The van der Waals surface area contributed by atoms with Crippen molar-refractivity contribution in [1.29, 1.82) is 0 Å². The third kappa shape index (κ3) is 4.18. The molecule has 0 spiro atoms. The quantitative estimate of drug-likeness (QED) is 0.624. The van der Waals surface area contributed by atoms with Crippen molar-refractivity contribution < 1.29 is 9.53 Å². The van der Waals surface area contributed by atoms with Crippen LogP contribution in [0.5, 0.6) is 0 Å². The molecule has 1 heterocycles. The monoisotopic (exact) mass is 391 g/mol. The number of halogens is 2. The normalized spacial score (nSPS) is 11.0. The third-order valence-electron chi connectivity index (χ3n) is 4.06. The van der Waals surface area contributed by atoms with E-state index in [1.807, 2.05) is 28.8 Å². The van der Waals surface area contributed by atoms with E-state index in [1.165, 1.54) is 0 Å². The van der Waals surface area contributed by atoms with Crippen LogP contribution in [0.15, 0.2) is 42.5 Å². The van der Waals surface area contributed by atoms with Crippen LogP contribution >= 0.6 is 23.2 Å². The van der Waals surface area contributed by atoms with Gasteiger partial charge in [0, 0.05) is 30.1 Å². The first kappa shape index (κ1) is 18.7. The summed E-state index contributed by atoms with van der Waals surface area (Å²) in [5.74, 6) is 0.639. The lowest BCUT2D eigenvalue weighted by molar-refractivity contribution is -0.121. The molecule has 0 saturated heterocycles. The van der Waals surface area contributed by atoms with Gasteiger partial charge in [-0.2, -0.15) is 0 Å². The van der Waals surface area contributed by atoms with E-state index in [2.05, 4.69) is 10.3 Å². The van der Waals surface area contributed by atoms with Crippen molar-refractivity contribution >= 4 is 40.1 Å². The van der Waals surface area contributed by atoms with Gasteiger partial charge in [0.1, 0.15) is 12.4 Å². The summed E-state index contributed by atoms with van der Waals surface area (Å²) in [6, 6.07) is 13.1. The molecule has 2 aromatic carbocycles. The van der Waals surface area contributed by atoms with Crippen LogP contribution in [0.2, 0.25) is 10.0 Å². The molecule has 0 bridgehead atoms. The fourth-order valence-corrected chi connectivity index (χ4v) is 3.32. The average Bonchev–Trinajstić information content (AvgIpc) is 2.96. The number of carbonyl (C=O) groups excluding carboxylic acids is 1. The van der Waals surface area contributed by atoms with Crippen molar-refractivity contribution in [1.82, 2.24) is 14.9 Å². The third-order valence-corrected chi connectivity index (χ3v) is 4.77. The smallest absolute Gasteiger partial charge is 0.240 e. The molecule has 0 fully saturated rings. The van der Waals surface area contributed by atoms with E-state index in [4.69, 9.17) is 27.9 Å². The Bertz CT molecular complexity index is 904. The topological polar surface area (TPSA) is 56.1 Å². The van der Waals surface area contributed by atoms with Crippen LogP contribution in [-0.4, -0.2) is 35.7 Å². The number of methoxy groups -OCH3 is 1. The number of nitrogens with one attached hydrogen (secondary N) is 1. The molecule has 3 rings (SSSR count). The number of hydrogen-bond acceptors (Lipinski definition) is 3. The van der Waals surface area contributed by atoms with Gasteiger partial charge in [0.05, 0.1) is 17.6 Å². The number of imidazole rings is 1. The van der Waals surface area contributed by atoms with Crippen molar-refractivity contribution in [2.45, 2.75) is 13.0 Å². The summed E-state index contributed by atoms with van der Waals surface area (Å²) in [5, 5.41) is 4.00. The van der Waals surface area contributed by atoms with Crippen LogP contribution < -0.4 is 5.32 Å². The highest BCUT2D eigenvalue weighted by molar-refractivity contribution is 6.36. The molecule has 0 aliphatic rings. The molecule has 0 atom stereocenters. The van der Waals surface area contributed by atoms with E-state index in [0.29, 0.717) is 29.6 Å². The van der Waals surface area contributed by atoms with Gasteiger partial charge in [0.2, 0.25) is 5.91 Å². The van der Waals surface area contributed by atoms with Crippen LogP contribution in [0.1, 0.15) is 11.4 Å². The molecule has 5 nitrogen and oxygen atoms in total. The fraction of sp³-hybridized carbons (Fsp3) is 0.263. The zero-order valence-corrected chi connectivity index (χ0v) is 15.8. The van der Waals surface area contributed by atoms with Gasteiger partial charge in [-0.05, 0) is 29.8 Å². The van der Waals surface area contributed by atoms with Gasteiger partial charge in [0.15, 0.2) is 0 Å². The van der Waals surface area contributed by atoms with Gasteiger partial charge in [0.25, 0.3) is 0 Å². The first-order valence-electron chi connectivity index (χ1n) is 8.23. The Labute approximate surface area is 161 Å². The van der Waals surface area contributed by atoms with E-state index in [-0.39, 0.29) is 12.5 Å². The number of aromatic nitrogens is 2. The number of nitrogens with zero attached hydrogens (tertiary/aromatic N) is 2. The molecule has 0 saturated carbocycles. The zero-order chi connectivity index (χ0) is 18.5. The summed E-state index contributed by atoms with van der Waals surface area (Å²) in [6.07, 6.45) is 0.443. The number of fused-ring (bicyclic) bond motifs is 1. The molecule has 0 radical (unpaired) electrons. The lowest BCUT2D eigenvalue weighted by Gasteiger charge is -2.11. The van der Waals surface area contributed by atoms with Crippen LogP contribution in [0.3, 0.4) is 0 Å². The zero-order valence-electron chi connectivity index (χ0n) is 14.3. The lowest BCUT2D eigenvalue weighted by atomic mass is 10.1. The van der Waals surface area contributed by atoms with Gasteiger partial charge >= 0.3 is 0 Å². The van der Waals surface area contributed by atoms with E-state index in [0.717, 1.165) is 22.4 Å². The van der Waals surface area contributed by atoms with Crippen molar-refractivity contribution in [3.63, 3.8) is 0 Å². The van der Waals surface area contributed by atoms with E-state index < -0.39 is 0 Å². The fourth-order valence-electron chi connectivity index (χ4n) is 2.79. The maximum atomic E-state index is 12.3. The predicted molar refractivity (Wildman–Crippen MR) is 104 cm³/mol. The average molecular weight is 392 g/mol. The Hall–Kier alpha value is -2.08. The Morgan fingerprint density at radius 3 is 2.62 bits per heavy atom. The summed E-state index contributed by atoms with van der Waals surface area (Å²) in [6.45, 7) is 1.10. The highest BCUT2D eigenvalue weighted by Crippen LogP contribution is 2.28. The second kappa shape index (κ2) is 8.54. The van der Waals surface area contributed by atoms with E-state index in [1.54, 1.807) is 25.3 Å². The van der Waals surface area contributed by atoms with Gasteiger partial charge in [-0.1, -0.05) is 41.4 Å². The van der Waals surface area contributed by atoms with Crippen LogP contribution in [0.25, 0.3) is 11.0 Å². The minimum absolute atomic E-state index is 0.100. The molecule has 1 N–H and O–H groups in total. The summed E-state index contributed by atoms with van der Waals surface area (Å²) in [7, 11) is 1.60. The molecule has 26 heavy (non-hydrogen) atoms. The SMILES string of the molecule is COCCNC(=O)Cn1c(Cc2c(Cl)cccc2Cl)nc2ccccc21. The second-order valence-electron chi connectivity index (χ2n) is 5.82. The number of ether oxygens (including phenoxy) is 1. The Balaban J connectivity index is 1.93. The van der Waals surface area contributed by atoms with Gasteiger partial charge in [-0.25, -0.2) is 4.98 Å². The van der Waals surface area contributed by atoms with Crippen molar-refractivity contribution in [3.05, 3.63) is 63.9 Å². The summed E-state index contributed by atoms with van der Waals surface area (Å²) < 4.78 is 6.86. The molecule has 7 heteroatoms. The predicted octanol–water partition coefficient (Wildman–Crippen LogP) is 3.70. The molecular formula is C19H19Cl2N3O2. The largest absolute Gasteiger partial charge is 0.383 e. The molecule has 3 aromatic rings. The number of benzene rings is 2. The van der Waals surface area contributed by atoms with E-state index in [9.17, 15) is 4.79 Å². The van der Waals surface area contributed by atoms with Crippen molar-refractivity contribution in [2.24, 2.45) is 0 Å². The van der Waals surface area contributed by atoms with E-state index >= 15 is 0 Å². The molecule has 136 valence electrons. The number of amides is 1. The summed E-state index contributed by atoms with van der Waals surface area (Å²) >= 11 is 12.6. The maximum Gasteiger partial charge on any atom is 0.240 e. The molecular weight excluding hydrogens is 373 g/mol. The van der Waals surface area contributed by atoms with Gasteiger partial charge in [-0.3, -0.25) is 4.79 Å². The minimum atomic E-state index is -0.100. The number of rotatable bonds is 7. The molecule has 1 aromatic heterocycles. The molecule has 0 aliphatic heterocycles. The number of hydrogen-bond donors (Lipinski definition) is 1. The van der Waals surface area contributed by atoms with Crippen LogP contribution in [-0.2, 0) is 22.5 Å². The number of para-hydroxylation sites is 2. The molecule has 1 amide bonds. The molecule has 0 unspecified atom stereocenters. The van der Waals surface area contributed by atoms with Crippen LogP contribution in [0.4, 0.5) is 0 Å². The van der Waals surface area contributed by atoms with Crippen molar-refractivity contribution in [2.75, 3.05) is 20.3 Å². The minimum Gasteiger partial charge on any atom is -0.383 e. The first-order chi connectivity index (χ1) is 12.6. The van der Waals surface area contributed by atoms with Crippen LogP contribution in [0, 0.1) is 0 Å². The Kier molecular flexibility index (Phi) is 6.14. The summed E-state index contributed by atoms with van der Waals surface area (Å²) in [4.78, 5) is 17.0. The van der Waals surface area contributed by atoms with Gasteiger partial charge in [-0.15, -0.1) is 0 Å². The highest BCUT2D eigenvalue weighted by Gasteiger charge is 2.16. The Morgan fingerprint density at radius 2 is 1.88 bits per heavy atom.